The third-order valence-corrected chi connectivity index (χ3v) is 4.68. The molecule has 25 heavy (non-hydrogen) atoms. The van der Waals surface area contributed by atoms with Gasteiger partial charge in [0.1, 0.15) is 23.3 Å². The van der Waals surface area contributed by atoms with E-state index in [-0.39, 0.29) is 0 Å². The number of ether oxygens (including phenoxy) is 2. The number of methoxy groups -OCH3 is 2. The normalized spacial score (nSPS) is 15.2. The molecule has 4 rings (SSSR count). The monoisotopic (exact) mass is 352 g/mol. The number of aliphatic imine (C=N–C) groups is 1. The lowest BCUT2D eigenvalue weighted by atomic mass is 10.2. The lowest BCUT2D eigenvalue weighted by molar-refractivity contribution is 0.394. The lowest BCUT2D eigenvalue weighted by Gasteiger charge is -2.09. The Labute approximate surface area is 149 Å². The maximum Gasteiger partial charge on any atom is 0.165 e. The third-order valence-electron chi connectivity index (χ3n) is 3.85. The summed E-state index contributed by atoms with van der Waals surface area (Å²) in [6, 6.07) is 9.62. The van der Waals surface area contributed by atoms with Gasteiger partial charge in [0.2, 0.25) is 0 Å². The summed E-state index contributed by atoms with van der Waals surface area (Å²) < 4.78 is 12.6. The summed E-state index contributed by atoms with van der Waals surface area (Å²) in [5, 5.41) is 0. The van der Waals surface area contributed by atoms with E-state index in [0.29, 0.717) is 11.5 Å². The highest BCUT2D eigenvalue weighted by Crippen LogP contribution is 2.27. The van der Waals surface area contributed by atoms with Gasteiger partial charge >= 0.3 is 0 Å². The van der Waals surface area contributed by atoms with Crippen LogP contribution in [0, 0.1) is 0 Å². The zero-order valence-electron chi connectivity index (χ0n) is 13.8. The van der Waals surface area contributed by atoms with Crippen LogP contribution < -0.4 is 9.47 Å². The van der Waals surface area contributed by atoms with Gasteiger partial charge in [0.05, 0.1) is 31.5 Å². The van der Waals surface area contributed by atoms with Crippen molar-refractivity contribution >= 4 is 35.2 Å². The SMILES string of the molecule is COc1cc(OC)cc(-n2cnc3ccc(C=C4C=NCS4)nc32)c1. The summed E-state index contributed by atoms with van der Waals surface area (Å²) in [6.07, 6.45) is 5.67. The molecule has 1 aliphatic heterocycles. The van der Waals surface area contributed by atoms with Crippen LogP contribution in [0.1, 0.15) is 5.69 Å². The van der Waals surface area contributed by atoms with E-state index in [2.05, 4.69) is 9.98 Å². The molecule has 1 aromatic carbocycles. The Morgan fingerprint density at radius 3 is 2.60 bits per heavy atom. The van der Waals surface area contributed by atoms with Crippen molar-refractivity contribution in [2.45, 2.75) is 0 Å². The molecule has 6 nitrogen and oxygen atoms in total. The predicted molar refractivity (Wildman–Crippen MR) is 101 cm³/mol. The highest BCUT2D eigenvalue weighted by Gasteiger charge is 2.10. The first kappa shape index (κ1) is 15.7. The van der Waals surface area contributed by atoms with Crippen LogP contribution in [-0.2, 0) is 0 Å². The summed E-state index contributed by atoms with van der Waals surface area (Å²) in [5.74, 6) is 2.20. The molecule has 0 saturated heterocycles. The van der Waals surface area contributed by atoms with Crippen LogP contribution in [0.2, 0.25) is 0 Å². The Morgan fingerprint density at radius 1 is 1.12 bits per heavy atom. The Balaban J connectivity index is 1.82. The molecule has 0 amide bonds. The van der Waals surface area contributed by atoms with Crippen molar-refractivity contribution in [1.82, 2.24) is 14.5 Å². The zero-order valence-corrected chi connectivity index (χ0v) is 14.7. The first-order valence-electron chi connectivity index (χ1n) is 7.69. The van der Waals surface area contributed by atoms with Crippen molar-refractivity contribution in [2.75, 3.05) is 20.1 Å². The molecule has 1 aliphatic rings. The van der Waals surface area contributed by atoms with Crippen molar-refractivity contribution in [1.29, 1.82) is 0 Å². The summed E-state index contributed by atoms with van der Waals surface area (Å²) in [7, 11) is 3.27. The average Bonchev–Trinajstić information content (AvgIpc) is 3.30. The van der Waals surface area contributed by atoms with Gasteiger partial charge < -0.3 is 9.47 Å². The molecule has 3 aromatic rings. The molecule has 0 atom stereocenters. The fourth-order valence-electron chi connectivity index (χ4n) is 2.61. The van der Waals surface area contributed by atoms with Crippen LogP contribution in [-0.4, -0.2) is 40.8 Å². The largest absolute Gasteiger partial charge is 0.497 e. The number of nitrogens with zero attached hydrogens (tertiary/aromatic N) is 4. The highest BCUT2D eigenvalue weighted by molar-refractivity contribution is 8.04. The van der Waals surface area contributed by atoms with E-state index in [1.165, 1.54) is 0 Å². The Kier molecular flexibility index (Phi) is 4.15. The minimum absolute atomic E-state index is 0.716. The van der Waals surface area contributed by atoms with Crippen LogP contribution in [0.4, 0.5) is 0 Å². The quantitative estimate of drug-likeness (QED) is 0.718. The van der Waals surface area contributed by atoms with E-state index in [1.807, 2.05) is 47.2 Å². The van der Waals surface area contributed by atoms with Crippen molar-refractivity contribution in [2.24, 2.45) is 4.99 Å². The topological polar surface area (TPSA) is 61.5 Å². The molecule has 0 unspecified atom stereocenters. The summed E-state index contributed by atoms with van der Waals surface area (Å²) >= 11 is 1.70. The number of rotatable bonds is 4. The van der Waals surface area contributed by atoms with Crippen molar-refractivity contribution in [3.8, 4) is 17.2 Å². The molecule has 0 fully saturated rings. The van der Waals surface area contributed by atoms with Crippen LogP contribution in [0.5, 0.6) is 11.5 Å². The Morgan fingerprint density at radius 2 is 1.92 bits per heavy atom. The molecule has 126 valence electrons. The van der Waals surface area contributed by atoms with Crippen molar-refractivity contribution in [3.05, 3.63) is 47.3 Å². The summed E-state index contributed by atoms with van der Waals surface area (Å²) in [6.45, 7) is 0. The van der Waals surface area contributed by atoms with E-state index in [9.17, 15) is 0 Å². The first-order chi connectivity index (χ1) is 12.3. The van der Waals surface area contributed by atoms with Gasteiger partial charge in [0.15, 0.2) is 5.65 Å². The second-order valence-corrected chi connectivity index (χ2v) is 6.41. The number of benzene rings is 1. The minimum Gasteiger partial charge on any atom is -0.497 e. The molecular weight excluding hydrogens is 336 g/mol. The maximum absolute atomic E-state index is 5.36. The van der Waals surface area contributed by atoms with E-state index in [0.717, 1.165) is 33.3 Å². The van der Waals surface area contributed by atoms with Gasteiger partial charge in [-0.1, -0.05) is 0 Å². The standard InChI is InChI=1S/C18H16N4O2S/c1-23-14-6-13(7-15(8-14)24-2)22-10-20-17-4-3-12(21-18(17)22)5-16-9-19-11-25-16/h3-10H,11H2,1-2H3. The number of imidazole rings is 1. The van der Waals surface area contributed by atoms with Gasteiger partial charge in [-0.25, -0.2) is 9.97 Å². The summed E-state index contributed by atoms with van der Waals surface area (Å²) in [4.78, 5) is 14.5. The maximum atomic E-state index is 5.36. The highest BCUT2D eigenvalue weighted by atomic mass is 32.2. The summed E-state index contributed by atoms with van der Waals surface area (Å²) in [5.41, 5.74) is 3.37. The fraction of sp³-hybridized carbons (Fsp3) is 0.167. The van der Waals surface area contributed by atoms with Crippen LogP contribution in [0.15, 0.2) is 46.6 Å². The second-order valence-electron chi connectivity index (χ2n) is 5.40. The van der Waals surface area contributed by atoms with Gasteiger partial charge in [-0.15, -0.1) is 11.8 Å². The number of pyridine rings is 1. The molecule has 7 heteroatoms. The third kappa shape index (κ3) is 3.10. The van der Waals surface area contributed by atoms with Gasteiger partial charge in [-0.05, 0) is 18.2 Å². The molecule has 0 N–H and O–H groups in total. The Hall–Kier alpha value is -2.80. The molecule has 0 radical (unpaired) electrons. The number of hydrogen-bond acceptors (Lipinski definition) is 6. The Bertz CT molecular complexity index is 972. The smallest absolute Gasteiger partial charge is 0.165 e. The van der Waals surface area contributed by atoms with E-state index in [1.54, 1.807) is 32.3 Å². The number of allylic oxidation sites excluding steroid dienone is 1. The number of aromatic nitrogens is 3. The van der Waals surface area contributed by atoms with E-state index < -0.39 is 0 Å². The van der Waals surface area contributed by atoms with E-state index >= 15 is 0 Å². The average molecular weight is 352 g/mol. The van der Waals surface area contributed by atoms with Crippen molar-refractivity contribution < 1.29 is 9.47 Å². The number of hydrogen-bond donors (Lipinski definition) is 0. The predicted octanol–water partition coefficient (Wildman–Crippen LogP) is 3.55. The van der Waals surface area contributed by atoms with Gasteiger partial charge in [-0.3, -0.25) is 9.56 Å². The molecule has 3 heterocycles. The van der Waals surface area contributed by atoms with E-state index in [4.69, 9.17) is 14.5 Å². The number of fused-ring (bicyclic) bond motifs is 1. The molecule has 0 bridgehead atoms. The van der Waals surface area contributed by atoms with Gasteiger partial charge in [-0.2, -0.15) is 0 Å². The molecule has 2 aromatic heterocycles. The first-order valence-corrected chi connectivity index (χ1v) is 8.67. The zero-order chi connectivity index (χ0) is 17.2. The number of thioether (sulfide) groups is 1. The second kappa shape index (κ2) is 6.60. The molecule has 0 saturated carbocycles. The van der Waals surface area contributed by atoms with Gasteiger partial charge in [0.25, 0.3) is 0 Å². The lowest BCUT2D eigenvalue weighted by Crippen LogP contribution is -1.97. The van der Waals surface area contributed by atoms with Crippen LogP contribution in [0.3, 0.4) is 0 Å². The molecule has 0 spiro atoms. The van der Waals surface area contributed by atoms with Gasteiger partial charge in [0, 0.05) is 29.3 Å². The van der Waals surface area contributed by atoms with Crippen LogP contribution in [0.25, 0.3) is 22.9 Å². The minimum atomic E-state index is 0.716. The fourth-order valence-corrected chi connectivity index (χ4v) is 3.26. The van der Waals surface area contributed by atoms with Crippen molar-refractivity contribution in [3.63, 3.8) is 0 Å². The molecular formula is C18H16N4O2S. The van der Waals surface area contributed by atoms with Crippen LogP contribution >= 0.6 is 11.8 Å². The molecule has 0 aliphatic carbocycles.